The third kappa shape index (κ3) is 5.05. The number of rotatable bonds is 7. The molecule has 0 aliphatic rings. The van der Waals surface area contributed by atoms with E-state index in [4.69, 9.17) is 14.2 Å². The third-order valence-electron chi connectivity index (χ3n) is 3.61. The summed E-state index contributed by atoms with van der Waals surface area (Å²) in [6.07, 6.45) is 0.725. The molecule has 0 heterocycles. The second-order valence-electron chi connectivity index (χ2n) is 5.05. The van der Waals surface area contributed by atoms with Crippen LogP contribution in [0.2, 0.25) is 0 Å². The zero-order valence-corrected chi connectivity index (χ0v) is 14.1. The minimum Gasteiger partial charge on any atom is -0.497 e. The van der Waals surface area contributed by atoms with Crippen LogP contribution in [0.5, 0.6) is 11.5 Å². The largest absolute Gasteiger partial charge is 0.497 e. The Morgan fingerprint density at radius 3 is 2.39 bits per heavy atom. The number of carbonyl (C=O) groups is 2. The Bertz CT molecular complexity index is 547. The van der Waals surface area contributed by atoms with Crippen molar-refractivity contribution in [3.05, 3.63) is 18.2 Å². The molecule has 1 rings (SSSR count). The first-order valence-corrected chi connectivity index (χ1v) is 7.34. The zero-order valence-electron chi connectivity index (χ0n) is 14.1. The number of carbonyl (C=O) groups excluding carboxylic acids is 2. The predicted molar refractivity (Wildman–Crippen MR) is 87.0 cm³/mol. The van der Waals surface area contributed by atoms with Crippen molar-refractivity contribution in [3.63, 3.8) is 0 Å². The minimum absolute atomic E-state index is 0.0552. The molecule has 0 saturated carbocycles. The molecule has 23 heavy (non-hydrogen) atoms. The molecule has 0 spiro atoms. The molecule has 7 nitrogen and oxygen atoms in total. The van der Waals surface area contributed by atoms with Crippen LogP contribution in [0.25, 0.3) is 0 Å². The molecule has 2 amide bonds. The van der Waals surface area contributed by atoms with Gasteiger partial charge in [-0.15, -0.1) is 0 Å². The van der Waals surface area contributed by atoms with Gasteiger partial charge in [0.25, 0.3) is 0 Å². The number of methoxy groups -OCH3 is 3. The lowest BCUT2D eigenvalue weighted by molar-refractivity contribution is -0.144. The average Bonchev–Trinajstić information content (AvgIpc) is 2.58. The van der Waals surface area contributed by atoms with Gasteiger partial charge < -0.3 is 24.8 Å². The summed E-state index contributed by atoms with van der Waals surface area (Å²) in [4.78, 5) is 24.0. The summed E-state index contributed by atoms with van der Waals surface area (Å²) in [6, 6.07) is 3.79. The van der Waals surface area contributed by atoms with Crippen LogP contribution in [0.3, 0.4) is 0 Å². The SMILES string of the molecule is CCC(C)C(NC(=O)Nc1cc(OC)ccc1OC)C(=O)OC. The maximum Gasteiger partial charge on any atom is 0.328 e. The Balaban J connectivity index is 2.87. The van der Waals surface area contributed by atoms with Gasteiger partial charge in [0.15, 0.2) is 0 Å². The average molecular weight is 324 g/mol. The second-order valence-corrected chi connectivity index (χ2v) is 5.05. The standard InChI is InChI=1S/C16H24N2O5/c1-6-10(2)14(15(19)23-5)18-16(20)17-12-9-11(21-3)7-8-13(12)22-4/h7-10,14H,6H2,1-5H3,(H2,17,18,20). The quantitative estimate of drug-likeness (QED) is 0.752. The van der Waals surface area contributed by atoms with Gasteiger partial charge in [-0.05, 0) is 18.1 Å². The van der Waals surface area contributed by atoms with Crippen molar-refractivity contribution in [2.45, 2.75) is 26.3 Å². The number of esters is 1. The fourth-order valence-electron chi connectivity index (χ4n) is 2.01. The highest BCUT2D eigenvalue weighted by atomic mass is 16.5. The highest BCUT2D eigenvalue weighted by Gasteiger charge is 2.26. The van der Waals surface area contributed by atoms with E-state index in [0.29, 0.717) is 17.2 Å². The Morgan fingerprint density at radius 1 is 1.17 bits per heavy atom. The van der Waals surface area contributed by atoms with Gasteiger partial charge in [-0.3, -0.25) is 0 Å². The van der Waals surface area contributed by atoms with E-state index in [9.17, 15) is 9.59 Å². The van der Waals surface area contributed by atoms with E-state index in [-0.39, 0.29) is 5.92 Å². The number of amides is 2. The molecule has 0 fully saturated rings. The number of nitrogens with one attached hydrogen (secondary N) is 2. The number of benzene rings is 1. The lowest BCUT2D eigenvalue weighted by Gasteiger charge is -2.22. The van der Waals surface area contributed by atoms with Crippen LogP contribution in [0.4, 0.5) is 10.5 Å². The van der Waals surface area contributed by atoms with Crippen molar-refractivity contribution in [1.82, 2.24) is 5.32 Å². The van der Waals surface area contributed by atoms with E-state index in [0.717, 1.165) is 6.42 Å². The molecule has 1 aromatic rings. The number of hydrogen-bond acceptors (Lipinski definition) is 5. The summed E-state index contributed by atoms with van der Waals surface area (Å²) >= 11 is 0. The van der Waals surface area contributed by atoms with Crippen molar-refractivity contribution in [2.75, 3.05) is 26.6 Å². The number of anilines is 1. The summed E-state index contributed by atoms with van der Waals surface area (Å²) in [7, 11) is 4.32. The predicted octanol–water partition coefficient (Wildman–Crippen LogP) is 2.41. The van der Waals surface area contributed by atoms with Gasteiger partial charge in [0.1, 0.15) is 17.5 Å². The first-order chi connectivity index (χ1) is 11.0. The van der Waals surface area contributed by atoms with Gasteiger partial charge >= 0.3 is 12.0 Å². The molecular weight excluding hydrogens is 300 g/mol. The summed E-state index contributed by atoms with van der Waals surface area (Å²) in [6.45, 7) is 3.80. The lowest BCUT2D eigenvalue weighted by Crippen LogP contribution is -2.47. The maximum atomic E-state index is 12.2. The number of urea groups is 1. The normalized spacial score (nSPS) is 12.7. The lowest BCUT2D eigenvalue weighted by atomic mass is 9.99. The third-order valence-corrected chi connectivity index (χ3v) is 3.61. The summed E-state index contributed by atoms with van der Waals surface area (Å²) in [5, 5.41) is 5.30. The second kappa shape index (κ2) is 8.87. The van der Waals surface area contributed by atoms with Gasteiger partial charge in [-0.2, -0.15) is 0 Å². The Labute approximate surface area is 136 Å². The summed E-state index contributed by atoms with van der Waals surface area (Å²) in [5.41, 5.74) is 0.442. The molecular formula is C16H24N2O5. The van der Waals surface area contributed by atoms with E-state index in [1.165, 1.54) is 21.3 Å². The summed E-state index contributed by atoms with van der Waals surface area (Å²) < 4.78 is 15.1. The van der Waals surface area contributed by atoms with Crippen molar-refractivity contribution in [2.24, 2.45) is 5.92 Å². The molecule has 0 radical (unpaired) electrons. The highest BCUT2D eigenvalue weighted by molar-refractivity contribution is 5.94. The van der Waals surface area contributed by atoms with Gasteiger partial charge in [0.2, 0.25) is 0 Å². The van der Waals surface area contributed by atoms with E-state index in [1.807, 2.05) is 13.8 Å². The number of hydrogen-bond donors (Lipinski definition) is 2. The molecule has 2 atom stereocenters. The van der Waals surface area contributed by atoms with Crippen molar-refractivity contribution >= 4 is 17.7 Å². The topological polar surface area (TPSA) is 85.9 Å². The minimum atomic E-state index is -0.721. The number of ether oxygens (including phenoxy) is 3. The maximum absolute atomic E-state index is 12.2. The van der Waals surface area contributed by atoms with E-state index in [2.05, 4.69) is 10.6 Å². The molecule has 2 unspecified atom stereocenters. The molecule has 0 aliphatic heterocycles. The molecule has 0 aliphatic carbocycles. The summed E-state index contributed by atoms with van der Waals surface area (Å²) in [5.74, 6) is 0.527. The Kier molecular flexibility index (Phi) is 7.18. The molecule has 0 bridgehead atoms. The molecule has 0 saturated heterocycles. The van der Waals surface area contributed by atoms with Crippen LogP contribution in [-0.4, -0.2) is 39.4 Å². The van der Waals surface area contributed by atoms with E-state index in [1.54, 1.807) is 18.2 Å². The van der Waals surface area contributed by atoms with E-state index >= 15 is 0 Å². The van der Waals surface area contributed by atoms with Crippen LogP contribution in [-0.2, 0) is 9.53 Å². The fraction of sp³-hybridized carbons (Fsp3) is 0.500. The highest BCUT2D eigenvalue weighted by Crippen LogP contribution is 2.28. The zero-order chi connectivity index (χ0) is 17.4. The van der Waals surface area contributed by atoms with Crippen LogP contribution >= 0.6 is 0 Å². The van der Waals surface area contributed by atoms with Crippen molar-refractivity contribution in [3.8, 4) is 11.5 Å². The monoisotopic (exact) mass is 324 g/mol. The molecule has 2 N–H and O–H groups in total. The van der Waals surface area contributed by atoms with Crippen LogP contribution in [0, 0.1) is 5.92 Å². The Morgan fingerprint density at radius 2 is 1.87 bits per heavy atom. The van der Waals surface area contributed by atoms with Gasteiger partial charge in [-0.25, -0.2) is 9.59 Å². The van der Waals surface area contributed by atoms with E-state index < -0.39 is 18.0 Å². The molecule has 128 valence electrons. The molecule has 7 heteroatoms. The Hall–Kier alpha value is -2.44. The van der Waals surface area contributed by atoms with Crippen molar-refractivity contribution in [1.29, 1.82) is 0 Å². The molecule has 1 aromatic carbocycles. The fourth-order valence-corrected chi connectivity index (χ4v) is 2.01. The smallest absolute Gasteiger partial charge is 0.328 e. The van der Waals surface area contributed by atoms with Crippen LogP contribution < -0.4 is 20.1 Å². The van der Waals surface area contributed by atoms with Gasteiger partial charge in [0.05, 0.1) is 27.0 Å². The van der Waals surface area contributed by atoms with Crippen LogP contribution in [0.1, 0.15) is 20.3 Å². The van der Waals surface area contributed by atoms with Crippen LogP contribution in [0.15, 0.2) is 18.2 Å². The van der Waals surface area contributed by atoms with Gasteiger partial charge in [-0.1, -0.05) is 20.3 Å². The first kappa shape index (κ1) is 18.6. The molecule has 0 aromatic heterocycles. The first-order valence-electron chi connectivity index (χ1n) is 7.34. The van der Waals surface area contributed by atoms with Crippen molar-refractivity contribution < 1.29 is 23.8 Å². The van der Waals surface area contributed by atoms with Gasteiger partial charge in [0, 0.05) is 6.07 Å².